The first-order valence-electron chi connectivity index (χ1n) is 10.7. The fraction of sp³-hybridized carbons (Fsp3) is 0.478. The molecule has 160 valence electrons. The summed E-state index contributed by atoms with van der Waals surface area (Å²) in [5, 5.41) is 3.79. The number of hydrogen-bond donors (Lipinski definition) is 1. The van der Waals surface area contributed by atoms with Crippen LogP contribution in [0.5, 0.6) is 5.75 Å². The van der Waals surface area contributed by atoms with Crippen LogP contribution in [-0.4, -0.2) is 35.1 Å². The average Bonchev–Trinajstić information content (AvgIpc) is 3.13. The molecule has 7 heteroatoms. The number of aromatic nitrogens is 2. The van der Waals surface area contributed by atoms with E-state index in [1.165, 1.54) is 37.0 Å². The third-order valence-corrected chi connectivity index (χ3v) is 6.83. The minimum atomic E-state index is -0.283. The van der Waals surface area contributed by atoms with Crippen molar-refractivity contribution in [2.24, 2.45) is 0 Å². The van der Waals surface area contributed by atoms with E-state index in [1.807, 2.05) is 32.0 Å². The summed E-state index contributed by atoms with van der Waals surface area (Å²) in [4.78, 5) is 18.8. The zero-order valence-corrected chi connectivity index (χ0v) is 18.7. The molecule has 1 aliphatic carbocycles. The molecule has 0 amide bonds. The summed E-state index contributed by atoms with van der Waals surface area (Å²) in [6, 6.07) is 8.38. The minimum Gasteiger partial charge on any atom is -0.497 e. The molecule has 6 nitrogen and oxygen atoms in total. The van der Waals surface area contributed by atoms with Gasteiger partial charge in [-0.05, 0) is 38.8 Å². The lowest BCUT2D eigenvalue weighted by atomic mass is 10.1. The van der Waals surface area contributed by atoms with Gasteiger partial charge in [-0.15, -0.1) is 0 Å². The van der Waals surface area contributed by atoms with E-state index in [0.29, 0.717) is 17.5 Å². The number of aryl methyl sites for hydroxylation is 1. The molecule has 1 N–H and O–H groups in total. The topological polar surface area (TPSA) is 64.9 Å². The number of nitrogens with one attached hydrogen (secondary N) is 1. The highest BCUT2D eigenvalue weighted by Crippen LogP contribution is 2.37. The third-order valence-electron chi connectivity index (χ3n) is 5.70. The molecule has 0 unspecified atom stereocenters. The van der Waals surface area contributed by atoms with Crippen molar-refractivity contribution in [2.45, 2.75) is 58.4 Å². The molecular weight excluding hydrogens is 398 g/mol. The molecule has 3 aromatic rings. The van der Waals surface area contributed by atoms with Gasteiger partial charge in [-0.2, -0.15) is 0 Å². The number of thiazole rings is 1. The van der Waals surface area contributed by atoms with Crippen LogP contribution in [-0.2, 0) is 4.74 Å². The molecule has 0 bridgehead atoms. The van der Waals surface area contributed by atoms with Gasteiger partial charge < -0.3 is 14.8 Å². The Hall–Kier alpha value is -2.54. The van der Waals surface area contributed by atoms with Crippen LogP contribution in [0.2, 0.25) is 0 Å². The lowest BCUT2D eigenvalue weighted by Gasteiger charge is -2.19. The largest absolute Gasteiger partial charge is 0.497 e. The van der Waals surface area contributed by atoms with Crippen LogP contribution in [0.3, 0.4) is 0 Å². The molecule has 0 radical (unpaired) electrons. The first-order valence-corrected chi connectivity index (χ1v) is 11.5. The SMILES string of the molecule is CCOC(=O)c1sc2nc(-c3cccc(OC)c3)c(NC3CCCCCC3)n2c1C. The summed E-state index contributed by atoms with van der Waals surface area (Å²) in [5.41, 5.74) is 2.76. The van der Waals surface area contributed by atoms with Crippen molar-refractivity contribution in [1.82, 2.24) is 9.38 Å². The molecule has 1 saturated carbocycles. The van der Waals surface area contributed by atoms with Gasteiger partial charge in [0, 0.05) is 17.3 Å². The fourth-order valence-corrected chi connectivity index (χ4v) is 5.17. The van der Waals surface area contributed by atoms with Crippen molar-refractivity contribution in [2.75, 3.05) is 19.0 Å². The summed E-state index contributed by atoms with van der Waals surface area (Å²) in [5.74, 6) is 1.47. The summed E-state index contributed by atoms with van der Waals surface area (Å²) in [7, 11) is 1.67. The number of fused-ring (bicyclic) bond motifs is 1. The van der Waals surface area contributed by atoms with Crippen LogP contribution in [0.15, 0.2) is 24.3 Å². The van der Waals surface area contributed by atoms with E-state index in [0.717, 1.165) is 46.3 Å². The van der Waals surface area contributed by atoms with Crippen LogP contribution in [0.25, 0.3) is 16.2 Å². The van der Waals surface area contributed by atoms with E-state index < -0.39 is 0 Å². The second-order valence-electron chi connectivity index (χ2n) is 7.73. The number of carbonyl (C=O) groups excluding carboxylic acids is 1. The number of hydrogen-bond acceptors (Lipinski definition) is 6. The Morgan fingerprint density at radius 2 is 2.03 bits per heavy atom. The molecule has 4 rings (SSSR count). The average molecular weight is 428 g/mol. The van der Waals surface area contributed by atoms with Gasteiger partial charge in [0.2, 0.25) is 0 Å². The predicted molar refractivity (Wildman–Crippen MR) is 121 cm³/mol. The van der Waals surface area contributed by atoms with Crippen molar-refractivity contribution in [1.29, 1.82) is 0 Å². The molecule has 0 atom stereocenters. The van der Waals surface area contributed by atoms with Gasteiger partial charge in [0.25, 0.3) is 0 Å². The third kappa shape index (κ3) is 4.03. The Balaban J connectivity index is 1.82. The van der Waals surface area contributed by atoms with Crippen LogP contribution in [0, 0.1) is 6.92 Å². The summed E-state index contributed by atoms with van der Waals surface area (Å²) >= 11 is 1.38. The normalized spacial score (nSPS) is 15.2. The van der Waals surface area contributed by atoms with Crippen LogP contribution >= 0.6 is 11.3 Å². The second-order valence-corrected chi connectivity index (χ2v) is 8.71. The van der Waals surface area contributed by atoms with Gasteiger partial charge in [-0.25, -0.2) is 9.78 Å². The monoisotopic (exact) mass is 427 g/mol. The van der Waals surface area contributed by atoms with Crippen LogP contribution in [0.4, 0.5) is 5.82 Å². The van der Waals surface area contributed by atoms with E-state index in [9.17, 15) is 4.79 Å². The maximum Gasteiger partial charge on any atom is 0.350 e. The van der Waals surface area contributed by atoms with Crippen molar-refractivity contribution in [3.05, 3.63) is 34.8 Å². The Bertz CT molecular complexity index is 1030. The van der Waals surface area contributed by atoms with Gasteiger partial charge >= 0.3 is 5.97 Å². The van der Waals surface area contributed by atoms with Crippen molar-refractivity contribution < 1.29 is 14.3 Å². The van der Waals surface area contributed by atoms with E-state index in [4.69, 9.17) is 14.5 Å². The highest BCUT2D eigenvalue weighted by atomic mass is 32.1. The Morgan fingerprint density at radius 3 is 2.73 bits per heavy atom. The molecule has 0 spiro atoms. The lowest BCUT2D eigenvalue weighted by Crippen LogP contribution is -2.20. The van der Waals surface area contributed by atoms with Gasteiger partial charge in [0.15, 0.2) is 4.96 Å². The van der Waals surface area contributed by atoms with E-state index >= 15 is 0 Å². The summed E-state index contributed by atoms with van der Waals surface area (Å²) < 4.78 is 12.8. The number of benzene rings is 1. The molecule has 2 aromatic heterocycles. The number of rotatable bonds is 6. The van der Waals surface area contributed by atoms with Gasteiger partial charge in [0.1, 0.15) is 22.1 Å². The zero-order chi connectivity index (χ0) is 21.1. The van der Waals surface area contributed by atoms with E-state index in [-0.39, 0.29) is 5.97 Å². The highest BCUT2D eigenvalue weighted by molar-refractivity contribution is 7.19. The highest BCUT2D eigenvalue weighted by Gasteiger charge is 2.25. The lowest BCUT2D eigenvalue weighted by molar-refractivity contribution is 0.0531. The standard InChI is InChI=1S/C23H29N3O3S/c1-4-29-22(27)20-15(2)26-21(24-17-11-7-5-6-8-12-17)19(25-23(26)30-20)16-10-9-13-18(14-16)28-3/h9-10,13-14,17,24H,4-8,11-12H2,1-3H3. The first-order chi connectivity index (χ1) is 14.6. The number of esters is 1. The Kier molecular flexibility index (Phi) is 6.27. The zero-order valence-electron chi connectivity index (χ0n) is 17.9. The molecule has 1 aromatic carbocycles. The maximum atomic E-state index is 12.4. The maximum absolute atomic E-state index is 12.4. The van der Waals surface area contributed by atoms with Crippen LogP contribution < -0.4 is 10.1 Å². The molecule has 30 heavy (non-hydrogen) atoms. The van der Waals surface area contributed by atoms with E-state index in [1.54, 1.807) is 7.11 Å². The minimum absolute atomic E-state index is 0.283. The van der Waals surface area contributed by atoms with E-state index in [2.05, 4.69) is 15.8 Å². The molecule has 1 aliphatic rings. The number of carbonyl (C=O) groups is 1. The second kappa shape index (κ2) is 9.08. The number of anilines is 1. The van der Waals surface area contributed by atoms with Gasteiger partial charge in [-0.3, -0.25) is 4.40 Å². The molecule has 0 saturated heterocycles. The molecule has 2 heterocycles. The number of ether oxygens (including phenoxy) is 2. The predicted octanol–water partition coefficient (Wildman–Crippen LogP) is 5.69. The number of nitrogens with zero attached hydrogens (tertiary/aromatic N) is 2. The molecular formula is C23H29N3O3S. The molecule has 1 fully saturated rings. The summed E-state index contributed by atoms with van der Waals surface area (Å²) in [6.07, 6.45) is 7.38. The van der Waals surface area contributed by atoms with Crippen LogP contribution in [0.1, 0.15) is 60.8 Å². The fourth-order valence-electron chi connectivity index (χ4n) is 4.15. The molecule has 0 aliphatic heterocycles. The van der Waals surface area contributed by atoms with Crippen molar-refractivity contribution in [3.8, 4) is 17.0 Å². The van der Waals surface area contributed by atoms with Crippen molar-refractivity contribution >= 4 is 28.1 Å². The number of imidazole rings is 1. The van der Waals surface area contributed by atoms with Gasteiger partial charge in [-0.1, -0.05) is 49.2 Å². The number of methoxy groups -OCH3 is 1. The Morgan fingerprint density at radius 1 is 1.27 bits per heavy atom. The Labute approximate surface area is 181 Å². The smallest absolute Gasteiger partial charge is 0.350 e. The quantitative estimate of drug-likeness (QED) is 0.404. The van der Waals surface area contributed by atoms with Gasteiger partial charge in [0.05, 0.1) is 13.7 Å². The van der Waals surface area contributed by atoms with Crippen molar-refractivity contribution in [3.63, 3.8) is 0 Å². The summed E-state index contributed by atoms with van der Waals surface area (Å²) in [6.45, 7) is 4.15. The first kappa shape index (κ1) is 20.7.